The molecule has 1 fully saturated rings. The van der Waals surface area contributed by atoms with E-state index < -0.39 is 0 Å². The summed E-state index contributed by atoms with van der Waals surface area (Å²) in [6.45, 7) is 9.16. The van der Waals surface area contributed by atoms with Crippen molar-refractivity contribution in [3.63, 3.8) is 0 Å². The van der Waals surface area contributed by atoms with Gasteiger partial charge in [0.2, 0.25) is 5.91 Å². The molecular formula is C14H27NO3. The van der Waals surface area contributed by atoms with Crippen LogP contribution in [-0.4, -0.2) is 48.8 Å². The van der Waals surface area contributed by atoms with Gasteiger partial charge in [0.25, 0.3) is 0 Å². The monoisotopic (exact) mass is 257 g/mol. The molecule has 18 heavy (non-hydrogen) atoms. The molecule has 0 aliphatic carbocycles. The molecule has 0 aromatic rings. The minimum atomic E-state index is 0.0417. The zero-order valence-electron chi connectivity index (χ0n) is 11.9. The van der Waals surface area contributed by atoms with Crippen molar-refractivity contribution in [1.82, 2.24) is 4.90 Å². The van der Waals surface area contributed by atoms with Gasteiger partial charge in [-0.05, 0) is 24.2 Å². The van der Waals surface area contributed by atoms with Crippen molar-refractivity contribution in [3.05, 3.63) is 0 Å². The first kappa shape index (κ1) is 15.4. The summed E-state index contributed by atoms with van der Waals surface area (Å²) in [6.07, 6.45) is 2.73. The number of nitrogens with zero attached hydrogens (tertiary/aromatic N) is 1. The van der Waals surface area contributed by atoms with E-state index in [1.54, 1.807) is 0 Å². The topological polar surface area (TPSA) is 49.8 Å². The third-order valence-electron chi connectivity index (χ3n) is 3.77. The van der Waals surface area contributed by atoms with Crippen LogP contribution in [0, 0.1) is 11.3 Å². The van der Waals surface area contributed by atoms with E-state index in [4.69, 9.17) is 9.84 Å². The first-order valence-electron chi connectivity index (χ1n) is 6.91. The lowest BCUT2D eigenvalue weighted by Gasteiger charge is -2.29. The molecule has 1 saturated heterocycles. The number of ether oxygens (including phenoxy) is 1. The number of amides is 1. The Hall–Kier alpha value is -0.610. The van der Waals surface area contributed by atoms with E-state index >= 15 is 0 Å². The van der Waals surface area contributed by atoms with Crippen LogP contribution in [0.15, 0.2) is 0 Å². The summed E-state index contributed by atoms with van der Waals surface area (Å²) in [4.78, 5) is 13.9. The van der Waals surface area contributed by atoms with Crippen molar-refractivity contribution in [2.45, 2.75) is 40.0 Å². The highest BCUT2D eigenvalue weighted by Gasteiger charge is 2.29. The van der Waals surface area contributed by atoms with Crippen LogP contribution in [0.5, 0.6) is 0 Å². The van der Waals surface area contributed by atoms with E-state index in [1.807, 2.05) is 4.90 Å². The van der Waals surface area contributed by atoms with Crippen molar-refractivity contribution in [1.29, 1.82) is 0 Å². The summed E-state index contributed by atoms with van der Waals surface area (Å²) in [5.74, 6) is 0.860. The molecule has 1 unspecified atom stereocenters. The highest BCUT2D eigenvalue weighted by molar-refractivity contribution is 5.76. The lowest BCUT2D eigenvalue weighted by molar-refractivity contribution is -0.131. The summed E-state index contributed by atoms with van der Waals surface area (Å²) < 4.78 is 5.22. The highest BCUT2D eigenvalue weighted by Crippen LogP contribution is 2.34. The van der Waals surface area contributed by atoms with Gasteiger partial charge >= 0.3 is 0 Å². The molecule has 0 saturated carbocycles. The van der Waals surface area contributed by atoms with Gasteiger partial charge in [0.05, 0.1) is 19.8 Å². The van der Waals surface area contributed by atoms with Gasteiger partial charge in [-0.2, -0.15) is 0 Å². The molecule has 1 rings (SSSR count). The van der Waals surface area contributed by atoms with Gasteiger partial charge in [-0.15, -0.1) is 0 Å². The minimum Gasteiger partial charge on any atom is -0.394 e. The molecule has 0 aromatic heterocycles. The molecule has 4 nitrogen and oxygen atoms in total. The van der Waals surface area contributed by atoms with Gasteiger partial charge in [-0.1, -0.05) is 20.8 Å². The first-order chi connectivity index (χ1) is 8.45. The van der Waals surface area contributed by atoms with Gasteiger partial charge in [-0.25, -0.2) is 0 Å². The van der Waals surface area contributed by atoms with E-state index in [-0.39, 0.29) is 17.9 Å². The standard InChI is InChI=1S/C14H27NO3/c1-14(2,3)12-4-5-13(17)15(7-6-12)8-10-18-11-9-16/h12,16H,4-11H2,1-3H3. The summed E-state index contributed by atoms with van der Waals surface area (Å²) in [6, 6.07) is 0. The van der Waals surface area contributed by atoms with Crippen molar-refractivity contribution < 1.29 is 14.6 Å². The summed E-state index contributed by atoms with van der Waals surface area (Å²) in [7, 11) is 0. The van der Waals surface area contributed by atoms with E-state index in [0.29, 0.717) is 32.1 Å². The number of aliphatic hydroxyl groups excluding tert-OH is 1. The molecule has 1 atom stereocenters. The van der Waals surface area contributed by atoms with Gasteiger partial charge in [0, 0.05) is 19.5 Å². The van der Waals surface area contributed by atoms with Crippen LogP contribution >= 0.6 is 0 Å². The third-order valence-corrected chi connectivity index (χ3v) is 3.77. The van der Waals surface area contributed by atoms with Gasteiger partial charge in [0.1, 0.15) is 0 Å². The lowest BCUT2D eigenvalue weighted by atomic mass is 9.77. The van der Waals surface area contributed by atoms with Crippen molar-refractivity contribution >= 4 is 5.91 Å². The Kier molecular flexibility index (Phi) is 6.09. The van der Waals surface area contributed by atoms with Crippen LogP contribution in [0.2, 0.25) is 0 Å². The molecule has 1 aliphatic rings. The van der Waals surface area contributed by atoms with Gasteiger partial charge in [0.15, 0.2) is 0 Å². The van der Waals surface area contributed by atoms with Gasteiger partial charge < -0.3 is 14.7 Å². The van der Waals surface area contributed by atoms with Crippen molar-refractivity contribution in [3.8, 4) is 0 Å². The Labute approximate surface area is 110 Å². The number of hydrogen-bond donors (Lipinski definition) is 1. The van der Waals surface area contributed by atoms with Crippen LogP contribution in [-0.2, 0) is 9.53 Å². The van der Waals surface area contributed by atoms with E-state index in [1.165, 1.54) is 0 Å². The number of likely N-dealkylation sites (tertiary alicyclic amines) is 1. The number of rotatable bonds is 5. The predicted molar refractivity (Wildman–Crippen MR) is 71.3 cm³/mol. The maximum atomic E-state index is 12.0. The lowest BCUT2D eigenvalue weighted by Crippen LogP contribution is -2.34. The largest absolute Gasteiger partial charge is 0.394 e. The number of hydrogen-bond acceptors (Lipinski definition) is 3. The molecular weight excluding hydrogens is 230 g/mol. The maximum Gasteiger partial charge on any atom is 0.222 e. The Morgan fingerprint density at radius 3 is 2.67 bits per heavy atom. The Morgan fingerprint density at radius 1 is 1.33 bits per heavy atom. The Balaban J connectivity index is 2.39. The molecule has 1 aliphatic heterocycles. The second-order valence-corrected chi connectivity index (χ2v) is 6.11. The Bertz CT molecular complexity index is 260. The molecule has 1 amide bonds. The quantitative estimate of drug-likeness (QED) is 0.762. The molecule has 106 valence electrons. The van der Waals surface area contributed by atoms with Crippen LogP contribution in [0.1, 0.15) is 40.0 Å². The average Bonchev–Trinajstić information content (AvgIpc) is 2.47. The second kappa shape index (κ2) is 7.10. The molecule has 1 heterocycles. The zero-order chi connectivity index (χ0) is 13.6. The molecule has 1 N–H and O–H groups in total. The molecule has 4 heteroatoms. The van der Waals surface area contributed by atoms with E-state index in [0.717, 1.165) is 19.4 Å². The van der Waals surface area contributed by atoms with Crippen molar-refractivity contribution in [2.75, 3.05) is 32.9 Å². The fourth-order valence-electron chi connectivity index (χ4n) is 2.48. The summed E-state index contributed by atoms with van der Waals surface area (Å²) in [5, 5.41) is 8.62. The average molecular weight is 257 g/mol. The Morgan fingerprint density at radius 2 is 2.06 bits per heavy atom. The molecule has 0 radical (unpaired) electrons. The molecule has 0 aromatic carbocycles. The van der Waals surface area contributed by atoms with Crippen LogP contribution in [0.25, 0.3) is 0 Å². The summed E-state index contributed by atoms with van der Waals surface area (Å²) >= 11 is 0. The number of aliphatic hydroxyl groups is 1. The van der Waals surface area contributed by atoms with E-state index in [9.17, 15) is 4.79 Å². The number of carbonyl (C=O) groups is 1. The third kappa shape index (κ3) is 4.94. The predicted octanol–water partition coefficient (Wildman–Crippen LogP) is 1.67. The number of carbonyl (C=O) groups excluding carboxylic acids is 1. The molecule has 0 spiro atoms. The van der Waals surface area contributed by atoms with Crippen LogP contribution in [0.3, 0.4) is 0 Å². The molecule has 0 bridgehead atoms. The second-order valence-electron chi connectivity index (χ2n) is 6.11. The highest BCUT2D eigenvalue weighted by atomic mass is 16.5. The fraction of sp³-hybridized carbons (Fsp3) is 0.929. The van der Waals surface area contributed by atoms with Crippen LogP contribution < -0.4 is 0 Å². The smallest absolute Gasteiger partial charge is 0.222 e. The zero-order valence-corrected chi connectivity index (χ0v) is 11.9. The van der Waals surface area contributed by atoms with Crippen LogP contribution in [0.4, 0.5) is 0 Å². The van der Waals surface area contributed by atoms with Crippen molar-refractivity contribution in [2.24, 2.45) is 11.3 Å². The minimum absolute atomic E-state index is 0.0417. The SMILES string of the molecule is CC(C)(C)C1CCC(=O)N(CCOCCO)CC1. The summed E-state index contributed by atoms with van der Waals surface area (Å²) in [5.41, 5.74) is 0.281. The maximum absolute atomic E-state index is 12.0. The fourth-order valence-corrected chi connectivity index (χ4v) is 2.48. The van der Waals surface area contributed by atoms with E-state index in [2.05, 4.69) is 20.8 Å². The normalized spacial score (nSPS) is 22.1. The first-order valence-corrected chi connectivity index (χ1v) is 6.91. The van der Waals surface area contributed by atoms with Gasteiger partial charge in [-0.3, -0.25) is 4.79 Å².